The number of hydrogen-bond acceptors (Lipinski definition) is 3. The van der Waals surface area contributed by atoms with Gasteiger partial charge in [0.15, 0.2) is 0 Å². The minimum Gasteiger partial charge on any atom is -0.383 e. The number of alkyl halides is 3. The third-order valence-electron chi connectivity index (χ3n) is 2.69. The van der Waals surface area contributed by atoms with Gasteiger partial charge in [0.2, 0.25) is 0 Å². The van der Waals surface area contributed by atoms with Crippen molar-refractivity contribution in [3.63, 3.8) is 0 Å². The summed E-state index contributed by atoms with van der Waals surface area (Å²) in [4.78, 5) is 1.82. The van der Waals surface area contributed by atoms with Gasteiger partial charge in [-0.05, 0) is 23.8 Å². The van der Waals surface area contributed by atoms with Crippen LogP contribution in [0.3, 0.4) is 0 Å². The number of anilines is 1. The van der Waals surface area contributed by atoms with Crippen LogP contribution in [0.25, 0.3) is 0 Å². The lowest BCUT2D eigenvalue weighted by molar-refractivity contribution is -0.138. The third kappa shape index (κ3) is 3.61. The number of nitrogens with two attached hydrogens (primary N) is 1. The number of nitrogens with zero attached hydrogens (tertiary/aromatic N) is 1. The molecule has 0 radical (unpaired) electrons. The van der Waals surface area contributed by atoms with Crippen LogP contribution in [0.15, 0.2) is 18.2 Å². The highest BCUT2D eigenvalue weighted by atomic mass is 19.4. The van der Waals surface area contributed by atoms with Crippen molar-refractivity contribution in [2.75, 3.05) is 32.2 Å². The van der Waals surface area contributed by atoms with Gasteiger partial charge in [0.1, 0.15) is 0 Å². The molecule has 0 heterocycles. The second kappa shape index (κ2) is 6.06. The Morgan fingerprint density at radius 3 is 2.50 bits per heavy atom. The topological polar surface area (TPSA) is 38.5 Å². The number of methoxy groups -OCH3 is 1. The smallest absolute Gasteiger partial charge is 0.383 e. The van der Waals surface area contributed by atoms with Gasteiger partial charge in [-0.25, -0.2) is 0 Å². The zero-order chi connectivity index (χ0) is 13.8. The van der Waals surface area contributed by atoms with E-state index < -0.39 is 11.7 Å². The van der Waals surface area contributed by atoms with Gasteiger partial charge in [-0.1, -0.05) is 0 Å². The van der Waals surface area contributed by atoms with Crippen LogP contribution in [0.1, 0.15) is 11.1 Å². The molecular weight excluding hydrogens is 245 g/mol. The fourth-order valence-corrected chi connectivity index (χ4v) is 1.62. The van der Waals surface area contributed by atoms with Crippen LogP contribution in [0.4, 0.5) is 18.9 Å². The molecule has 6 heteroatoms. The fraction of sp³-hybridized carbons (Fsp3) is 0.500. The minimum absolute atomic E-state index is 0.101. The molecule has 0 bridgehead atoms. The summed E-state index contributed by atoms with van der Waals surface area (Å²) in [6, 6.07) is 3.98. The molecule has 102 valence electrons. The molecule has 2 N–H and O–H groups in total. The Labute approximate surface area is 104 Å². The molecule has 0 atom stereocenters. The number of halogens is 3. The maximum atomic E-state index is 12.7. The SMILES string of the molecule is COCCN(C)c1ccc(C(F)(F)F)c(CN)c1. The Balaban J connectivity index is 2.98. The normalized spacial score (nSPS) is 11.7. The summed E-state index contributed by atoms with van der Waals surface area (Å²) in [5, 5.41) is 0. The molecule has 3 nitrogen and oxygen atoms in total. The van der Waals surface area contributed by atoms with Crippen LogP contribution in [0.2, 0.25) is 0 Å². The van der Waals surface area contributed by atoms with E-state index in [1.165, 1.54) is 12.1 Å². The van der Waals surface area contributed by atoms with Gasteiger partial charge in [-0.2, -0.15) is 13.2 Å². The van der Waals surface area contributed by atoms with Crippen molar-refractivity contribution >= 4 is 5.69 Å². The van der Waals surface area contributed by atoms with E-state index >= 15 is 0 Å². The number of benzene rings is 1. The van der Waals surface area contributed by atoms with Crippen molar-refractivity contribution in [2.24, 2.45) is 5.73 Å². The van der Waals surface area contributed by atoms with Crippen molar-refractivity contribution in [1.29, 1.82) is 0 Å². The molecule has 0 aliphatic heterocycles. The van der Waals surface area contributed by atoms with Crippen molar-refractivity contribution in [3.8, 4) is 0 Å². The first kappa shape index (κ1) is 14.8. The van der Waals surface area contributed by atoms with Gasteiger partial charge in [-0.15, -0.1) is 0 Å². The largest absolute Gasteiger partial charge is 0.416 e. The molecule has 1 rings (SSSR count). The Morgan fingerprint density at radius 2 is 2.00 bits per heavy atom. The predicted molar refractivity (Wildman–Crippen MR) is 64.5 cm³/mol. The first-order valence-corrected chi connectivity index (χ1v) is 5.50. The van der Waals surface area contributed by atoms with E-state index in [1.807, 2.05) is 4.90 Å². The van der Waals surface area contributed by atoms with E-state index in [0.29, 0.717) is 18.8 Å². The molecule has 0 unspecified atom stereocenters. The van der Waals surface area contributed by atoms with E-state index in [4.69, 9.17) is 10.5 Å². The predicted octanol–water partition coefficient (Wildman–Crippen LogP) is 2.25. The van der Waals surface area contributed by atoms with Crippen molar-refractivity contribution in [2.45, 2.75) is 12.7 Å². The highest BCUT2D eigenvalue weighted by molar-refractivity contribution is 5.51. The highest BCUT2D eigenvalue weighted by Gasteiger charge is 2.32. The molecular formula is C12H17F3N2O. The maximum absolute atomic E-state index is 12.7. The first-order valence-electron chi connectivity index (χ1n) is 5.50. The van der Waals surface area contributed by atoms with Gasteiger partial charge in [0.05, 0.1) is 12.2 Å². The van der Waals surface area contributed by atoms with Crippen LogP contribution in [-0.2, 0) is 17.5 Å². The molecule has 0 spiro atoms. The molecule has 0 aromatic heterocycles. The quantitative estimate of drug-likeness (QED) is 0.884. The molecule has 0 aliphatic carbocycles. The Kier molecular flexibility index (Phi) is 4.98. The Morgan fingerprint density at radius 1 is 1.33 bits per heavy atom. The van der Waals surface area contributed by atoms with Gasteiger partial charge >= 0.3 is 6.18 Å². The number of hydrogen-bond donors (Lipinski definition) is 1. The molecule has 0 fully saturated rings. The Bertz CT molecular complexity index is 393. The average molecular weight is 262 g/mol. The summed E-state index contributed by atoms with van der Waals surface area (Å²) >= 11 is 0. The summed E-state index contributed by atoms with van der Waals surface area (Å²) in [5.74, 6) is 0. The third-order valence-corrected chi connectivity index (χ3v) is 2.69. The van der Waals surface area contributed by atoms with E-state index in [0.717, 1.165) is 6.07 Å². The lowest BCUT2D eigenvalue weighted by Gasteiger charge is -2.21. The molecule has 1 aromatic carbocycles. The van der Waals surface area contributed by atoms with Crippen molar-refractivity contribution < 1.29 is 17.9 Å². The van der Waals surface area contributed by atoms with E-state index in [1.54, 1.807) is 14.2 Å². The molecule has 0 saturated carbocycles. The van der Waals surface area contributed by atoms with Crippen molar-refractivity contribution in [1.82, 2.24) is 0 Å². The summed E-state index contributed by atoms with van der Waals surface area (Å²) in [5.41, 5.74) is 5.50. The van der Waals surface area contributed by atoms with Crippen LogP contribution in [0.5, 0.6) is 0 Å². The number of ether oxygens (including phenoxy) is 1. The van der Waals surface area contributed by atoms with E-state index in [2.05, 4.69) is 0 Å². The lowest BCUT2D eigenvalue weighted by atomic mass is 10.1. The van der Waals surface area contributed by atoms with Gasteiger partial charge in [-0.3, -0.25) is 0 Å². The monoisotopic (exact) mass is 262 g/mol. The summed E-state index contributed by atoms with van der Waals surface area (Å²) in [6.45, 7) is 0.974. The van der Waals surface area contributed by atoms with Crippen LogP contribution >= 0.6 is 0 Å². The molecule has 0 amide bonds. The summed E-state index contributed by atoms with van der Waals surface area (Å²) < 4.78 is 43.0. The molecule has 1 aromatic rings. The second-order valence-electron chi connectivity index (χ2n) is 3.96. The standard InChI is InChI=1S/C12H17F3N2O/c1-17(5-6-18-2)10-3-4-11(12(13,14)15)9(7-10)8-16/h3-4,7H,5-6,8,16H2,1-2H3. The Hall–Kier alpha value is -1.27. The molecule has 0 aliphatic rings. The molecule has 18 heavy (non-hydrogen) atoms. The highest BCUT2D eigenvalue weighted by Crippen LogP contribution is 2.33. The maximum Gasteiger partial charge on any atom is 0.416 e. The van der Waals surface area contributed by atoms with E-state index in [-0.39, 0.29) is 12.1 Å². The van der Waals surface area contributed by atoms with Gasteiger partial charge in [0.25, 0.3) is 0 Å². The lowest BCUT2D eigenvalue weighted by Crippen LogP contribution is -2.23. The molecule has 0 saturated heterocycles. The fourth-order valence-electron chi connectivity index (χ4n) is 1.62. The summed E-state index contributed by atoms with van der Waals surface area (Å²) in [6.07, 6.45) is -4.36. The van der Waals surface area contributed by atoms with E-state index in [9.17, 15) is 13.2 Å². The zero-order valence-corrected chi connectivity index (χ0v) is 10.4. The van der Waals surface area contributed by atoms with Crippen LogP contribution in [-0.4, -0.2) is 27.3 Å². The number of rotatable bonds is 5. The first-order chi connectivity index (χ1) is 8.40. The number of likely N-dealkylation sites (N-methyl/N-ethyl adjacent to an activating group) is 1. The van der Waals surface area contributed by atoms with Gasteiger partial charge < -0.3 is 15.4 Å². The summed E-state index contributed by atoms with van der Waals surface area (Å²) in [7, 11) is 3.37. The minimum atomic E-state index is -4.36. The zero-order valence-electron chi connectivity index (χ0n) is 10.4. The van der Waals surface area contributed by atoms with Crippen molar-refractivity contribution in [3.05, 3.63) is 29.3 Å². The van der Waals surface area contributed by atoms with Crippen LogP contribution < -0.4 is 10.6 Å². The van der Waals surface area contributed by atoms with Crippen LogP contribution in [0, 0.1) is 0 Å². The second-order valence-corrected chi connectivity index (χ2v) is 3.96. The van der Waals surface area contributed by atoms with Gasteiger partial charge in [0, 0.05) is 32.9 Å². The average Bonchev–Trinajstić information content (AvgIpc) is 2.33.